The zero-order valence-corrected chi connectivity index (χ0v) is 11.7. The van der Waals surface area contributed by atoms with Crippen molar-refractivity contribution in [2.75, 3.05) is 33.2 Å². The molecule has 0 aliphatic carbocycles. The van der Waals surface area contributed by atoms with Crippen LogP contribution in [0.2, 0.25) is 0 Å². The number of aromatic hydroxyl groups is 1. The molecule has 1 saturated heterocycles. The summed E-state index contributed by atoms with van der Waals surface area (Å²) in [5, 5.41) is 11.1. The van der Waals surface area contributed by atoms with Crippen LogP contribution >= 0.6 is 0 Å². The Hall–Kier alpha value is -1.63. The summed E-state index contributed by atoms with van der Waals surface area (Å²) in [7, 11) is 2.07. The van der Waals surface area contributed by atoms with Crippen molar-refractivity contribution in [2.45, 2.75) is 12.5 Å². The van der Waals surface area contributed by atoms with Gasteiger partial charge in [0.2, 0.25) is 0 Å². The van der Waals surface area contributed by atoms with E-state index in [9.17, 15) is 9.90 Å². The Kier molecular flexibility index (Phi) is 4.94. The highest BCUT2D eigenvalue weighted by atomic mass is 16.3. The van der Waals surface area contributed by atoms with Crippen LogP contribution in [0.3, 0.4) is 0 Å². The number of benzene rings is 1. The van der Waals surface area contributed by atoms with Gasteiger partial charge in [-0.25, -0.2) is 5.01 Å². The predicted molar refractivity (Wildman–Crippen MR) is 77.0 cm³/mol. The van der Waals surface area contributed by atoms with Crippen LogP contribution in [0, 0.1) is 0 Å². The number of amides is 1. The van der Waals surface area contributed by atoms with E-state index in [-0.39, 0.29) is 11.7 Å². The molecule has 1 aliphatic rings. The Labute approximate surface area is 119 Å². The third-order valence-corrected chi connectivity index (χ3v) is 3.50. The van der Waals surface area contributed by atoms with Gasteiger partial charge >= 0.3 is 0 Å². The minimum absolute atomic E-state index is 0.164. The number of rotatable bonds is 4. The summed E-state index contributed by atoms with van der Waals surface area (Å²) in [6.07, 6.45) is 0.458. The lowest BCUT2D eigenvalue weighted by molar-refractivity contribution is -0.128. The Balaban J connectivity index is 1.81. The molecule has 1 amide bonds. The van der Waals surface area contributed by atoms with Crippen molar-refractivity contribution in [3.63, 3.8) is 0 Å². The summed E-state index contributed by atoms with van der Waals surface area (Å²) < 4.78 is 0. The van der Waals surface area contributed by atoms with E-state index >= 15 is 0 Å². The van der Waals surface area contributed by atoms with E-state index in [2.05, 4.69) is 17.4 Å². The molecule has 0 spiro atoms. The molecule has 2 rings (SSSR count). The van der Waals surface area contributed by atoms with Crippen molar-refractivity contribution < 1.29 is 9.90 Å². The summed E-state index contributed by atoms with van der Waals surface area (Å²) in [5.74, 6) is 0.0480. The molecule has 0 radical (unpaired) electrons. The average molecular weight is 278 g/mol. The Morgan fingerprint density at radius 1 is 1.30 bits per heavy atom. The molecule has 110 valence electrons. The average Bonchev–Trinajstić information content (AvgIpc) is 2.44. The molecule has 1 aromatic carbocycles. The number of carbonyl (C=O) groups excluding carboxylic acids is 1. The van der Waals surface area contributed by atoms with Crippen molar-refractivity contribution in [1.29, 1.82) is 0 Å². The quantitative estimate of drug-likeness (QED) is 0.694. The second-order valence-electron chi connectivity index (χ2n) is 5.24. The van der Waals surface area contributed by atoms with E-state index in [4.69, 9.17) is 5.73 Å². The molecule has 1 aromatic rings. The molecule has 1 atom stereocenters. The molecule has 0 bridgehead atoms. The Morgan fingerprint density at radius 3 is 2.50 bits per heavy atom. The van der Waals surface area contributed by atoms with Crippen LogP contribution in [-0.2, 0) is 11.2 Å². The van der Waals surface area contributed by atoms with Gasteiger partial charge < -0.3 is 15.7 Å². The molecule has 20 heavy (non-hydrogen) atoms. The maximum Gasteiger partial charge on any atom is 0.251 e. The molecule has 1 aliphatic heterocycles. The molecule has 6 heteroatoms. The minimum Gasteiger partial charge on any atom is -0.508 e. The number of nitrogens with zero attached hydrogens (tertiary/aromatic N) is 2. The highest BCUT2D eigenvalue weighted by molar-refractivity contribution is 5.81. The fraction of sp³-hybridized carbons (Fsp3) is 0.500. The minimum atomic E-state index is -0.584. The van der Waals surface area contributed by atoms with Gasteiger partial charge in [-0.3, -0.25) is 10.2 Å². The molecule has 0 aromatic heterocycles. The second kappa shape index (κ2) is 6.69. The first-order valence-electron chi connectivity index (χ1n) is 6.82. The van der Waals surface area contributed by atoms with E-state index in [1.165, 1.54) is 0 Å². The van der Waals surface area contributed by atoms with Crippen LogP contribution < -0.4 is 11.2 Å². The van der Waals surface area contributed by atoms with E-state index in [0.717, 1.165) is 31.7 Å². The summed E-state index contributed by atoms with van der Waals surface area (Å²) in [6.45, 7) is 3.50. The number of hydrazine groups is 1. The summed E-state index contributed by atoms with van der Waals surface area (Å²) in [4.78, 5) is 14.2. The predicted octanol–water partition coefficient (Wildman–Crippen LogP) is -0.459. The van der Waals surface area contributed by atoms with Gasteiger partial charge in [-0.1, -0.05) is 12.1 Å². The fourth-order valence-corrected chi connectivity index (χ4v) is 2.14. The Morgan fingerprint density at radius 2 is 1.90 bits per heavy atom. The molecule has 0 unspecified atom stereocenters. The van der Waals surface area contributed by atoms with Crippen LogP contribution in [0.15, 0.2) is 24.3 Å². The topological polar surface area (TPSA) is 81.8 Å². The van der Waals surface area contributed by atoms with Gasteiger partial charge in [0.25, 0.3) is 5.91 Å². The monoisotopic (exact) mass is 278 g/mol. The van der Waals surface area contributed by atoms with E-state index < -0.39 is 6.04 Å². The van der Waals surface area contributed by atoms with Gasteiger partial charge in [0.1, 0.15) is 5.75 Å². The Bertz CT molecular complexity index is 441. The third kappa shape index (κ3) is 4.19. The van der Waals surface area contributed by atoms with Crippen molar-refractivity contribution in [3.8, 4) is 5.75 Å². The van der Waals surface area contributed by atoms with Gasteiger partial charge in [0, 0.05) is 26.2 Å². The number of piperazine rings is 1. The summed E-state index contributed by atoms with van der Waals surface area (Å²) in [6, 6.07) is 6.16. The molecular weight excluding hydrogens is 256 g/mol. The van der Waals surface area contributed by atoms with Crippen LogP contribution in [-0.4, -0.2) is 60.2 Å². The van der Waals surface area contributed by atoms with Gasteiger partial charge in [-0.05, 0) is 31.2 Å². The van der Waals surface area contributed by atoms with Gasteiger partial charge in [-0.2, -0.15) is 0 Å². The maximum atomic E-state index is 12.0. The molecule has 4 N–H and O–H groups in total. The SMILES string of the molecule is CN1CCN(NC(=O)[C@H](N)Cc2ccc(O)cc2)CC1. The maximum absolute atomic E-state index is 12.0. The van der Waals surface area contributed by atoms with Crippen molar-refractivity contribution >= 4 is 5.91 Å². The summed E-state index contributed by atoms with van der Waals surface area (Å²) >= 11 is 0. The molecule has 1 fully saturated rings. The first-order valence-corrected chi connectivity index (χ1v) is 6.82. The number of likely N-dealkylation sites (N-methyl/N-ethyl adjacent to an activating group) is 1. The highest BCUT2D eigenvalue weighted by Gasteiger charge is 2.19. The zero-order chi connectivity index (χ0) is 14.5. The number of nitrogens with two attached hydrogens (primary N) is 1. The van der Waals surface area contributed by atoms with Crippen LogP contribution in [0.1, 0.15) is 5.56 Å². The van der Waals surface area contributed by atoms with Crippen LogP contribution in [0.4, 0.5) is 0 Å². The molecular formula is C14H22N4O2. The first kappa shape index (κ1) is 14.8. The first-order chi connectivity index (χ1) is 9.54. The molecule has 1 heterocycles. The van der Waals surface area contributed by atoms with Crippen LogP contribution in [0.5, 0.6) is 5.75 Å². The van der Waals surface area contributed by atoms with Crippen LogP contribution in [0.25, 0.3) is 0 Å². The lowest BCUT2D eigenvalue weighted by Gasteiger charge is -2.33. The number of hydrogen-bond donors (Lipinski definition) is 3. The van der Waals surface area contributed by atoms with Crippen molar-refractivity contribution in [2.24, 2.45) is 5.73 Å². The van der Waals surface area contributed by atoms with Gasteiger partial charge in [-0.15, -0.1) is 0 Å². The van der Waals surface area contributed by atoms with E-state index in [1.807, 2.05) is 5.01 Å². The number of carbonyl (C=O) groups is 1. The second-order valence-corrected chi connectivity index (χ2v) is 5.24. The zero-order valence-electron chi connectivity index (χ0n) is 11.7. The molecule has 0 saturated carbocycles. The normalized spacial score (nSPS) is 18.7. The van der Waals surface area contributed by atoms with E-state index in [1.54, 1.807) is 24.3 Å². The largest absolute Gasteiger partial charge is 0.508 e. The number of hydrogen-bond acceptors (Lipinski definition) is 5. The van der Waals surface area contributed by atoms with Crippen molar-refractivity contribution in [3.05, 3.63) is 29.8 Å². The third-order valence-electron chi connectivity index (χ3n) is 3.50. The van der Waals surface area contributed by atoms with Crippen molar-refractivity contribution in [1.82, 2.24) is 15.3 Å². The van der Waals surface area contributed by atoms with Gasteiger partial charge in [0.05, 0.1) is 6.04 Å². The fourth-order valence-electron chi connectivity index (χ4n) is 2.14. The summed E-state index contributed by atoms with van der Waals surface area (Å²) in [5.41, 5.74) is 9.72. The van der Waals surface area contributed by atoms with Gasteiger partial charge in [0.15, 0.2) is 0 Å². The highest BCUT2D eigenvalue weighted by Crippen LogP contribution is 2.11. The van der Waals surface area contributed by atoms with E-state index in [0.29, 0.717) is 6.42 Å². The standard InChI is InChI=1S/C14H22N4O2/c1-17-6-8-18(9-7-17)16-14(20)13(15)10-11-2-4-12(19)5-3-11/h2-5,13,19H,6-10,15H2,1H3,(H,16,20)/t13-/m1/s1. The number of phenolic OH excluding ortho intramolecular Hbond substituents is 1. The number of nitrogens with one attached hydrogen (secondary N) is 1. The lowest BCUT2D eigenvalue weighted by Crippen LogP contribution is -2.56. The number of phenols is 1. The molecule has 6 nitrogen and oxygen atoms in total. The smallest absolute Gasteiger partial charge is 0.251 e. The lowest BCUT2D eigenvalue weighted by atomic mass is 10.1.